The van der Waals surface area contributed by atoms with Gasteiger partial charge in [0.1, 0.15) is 17.2 Å². The second kappa shape index (κ2) is 16.5. The summed E-state index contributed by atoms with van der Waals surface area (Å²) in [5.41, 5.74) is 3.14. The summed E-state index contributed by atoms with van der Waals surface area (Å²) in [5, 5.41) is 7.83. The fourth-order valence-corrected chi connectivity index (χ4v) is 8.42. The molecule has 0 saturated heterocycles. The van der Waals surface area contributed by atoms with Gasteiger partial charge in [-0.1, -0.05) is 58.0 Å². The number of hydrogen-bond acceptors (Lipinski definition) is 9. The Kier molecular flexibility index (Phi) is 12.3. The van der Waals surface area contributed by atoms with Crippen LogP contribution in [-0.2, 0) is 30.9 Å². The first-order chi connectivity index (χ1) is 25.6. The van der Waals surface area contributed by atoms with Crippen LogP contribution >= 0.6 is 7.37 Å². The monoisotopic (exact) mass is 774 g/mol. The second-order valence-corrected chi connectivity index (χ2v) is 18.1. The van der Waals surface area contributed by atoms with Crippen molar-refractivity contribution in [1.29, 1.82) is 0 Å². The number of anilines is 3. The number of urea groups is 1. The molecule has 54 heavy (non-hydrogen) atoms. The molecule has 0 aliphatic heterocycles. The van der Waals surface area contributed by atoms with E-state index in [0.717, 1.165) is 33.8 Å². The quantitative estimate of drug-likeness (QED) is 0.0939. The van der Waals surface area contributed by atoms with Gasteiger partial charge < -0.3 is 29.4 Å². The highest BCUT2D eigenvalue weighted by Gasteiger charge is 2.27. The van der Waals surface area contributed by atoms with E-state index < -0.39 is 23.4 Å². The van der Waals surface area contributed by atoms with E-state index in [1.54, 1.807) is 43.6 Å². The first-order valence-electron chi connectivity index (χ1n) is 17.4. The summed E-state index contributed by atoms with van der Waals surface area (Å²) in [5.74, 6) is 1.83. The molecule has 1 atom stereocenters. The number of amides is 2. The van der Waals surface area contributed by atoms with Gasteiger partial charge in [0.25, 0.3) is 0 Å². The molecule has 12 nitrogen and oxygen atoms in total. The number of benzene rings is 4. The fraction of sp³-hybridized carbons (Fsp3) is 0.300. The standard InChI is InChI=1S/C40H47N4O8PS/c1-9-51-53(46,10-2)37-18-15-26(22-36(37)49-6)21-28-25-29(19-20-41-28)52-35-17-16-32(30-13-11-12-14-31(30)35)42-39(45)43-33-23-27(40(3,4)5)24-34(38(33)50-7)44-54(8,47)48/h11-20,22-25,44H,9-10,21H2,1-8H3,(H2,42,43,45). The molecule has 286 valence electrons. The maximum atomic E-state index is 13.5. The molecule has 3 N–H and O–H groups in total. The lowest BCUT2D eigenvalue weighted by molar-refractivity contribution is 0.262. The van der Waals surface area contributed by atoms with Crippen LogP contribution in [0.25, 0.3) is 10.8 Å². The highest BCUT2D eigenvalue weighted by Crippen LogP contribution is 2.48. The van der Waals surface area contributed by atoms with Crippen molar-refractivity contribution in [3.05, 3.63) is 102 Å². The van der Waals surface area contributed by atoms with Crippen molar-refractivity contribution in [3.63, 3.8) is 0 Å². The van der Waals surface area contributed by atoms with Gasteiger partial charge in [-0.2, -0.15) is 0 Å². The minimum atomic E-state index is -3.64. The third-order valence-corrected chi connectivity index (χ3v) is 11.8. The molecule has 0 aliphatic rings. The fourth-order valence-electron chi connectivity index (χ4n) is 6.00. The van der Waals surface area contributed by atoms with E-state index in [9.17, 15) is 17.8 Å². The molecule has 1 aromatic heterocycles. The van der Waals surface area contributed by atoms with Gasteiger partial charge in [-0.3, -0.25) is 14.3 Å². The van der Waals surface area contributed by atoms with E-state index in [1.807, 2.05) is 83.1 Å². The predicted octanol–water partition coefficient (Wildman–Crippen LogP) is 8.91. The van der Waals surface area contributed by atoms with E-state index in [2.05, 4.69) is 20.3 Å². The topological polar surface area (TPSA) is 154 Å². The van der Waals surface area contributed by atoms with Crippen LogP contribution in [0.2, 0.25) is 0 Å². The number of ether oxygens (including phenoxy) is 3. The first-order valence-corrected chi connectivity index (χ1v) is 21.1. The normalized spacial score (nSPS) is 12.8. The lowest BCUT2D eigenvalue weighted by Crippen LogP contribution is -2.22. The van der Waals surface area contributed by atoms with E-state index >= 15 is 0 Å². The number of carbonyl (C=O) groups excluding carboxylic acids is 1. The summed E-state index contributed by atoms with van der Waals surface area (Å²) >= 11 is 0. The molecular weight excluding hydrogens is 728 g/mol. The van der Waals surface area contributed by atoms with Gasteiger partial charge in [0.05, 0.1) is 49.4 Å². The van der Waals surface area contributed by atoms with Gasteiger partial charge in [0, 0.05) is 41.3 Å². The lowest BCUT2D eigenvalue weighted by atomic mass is 9.86. The SMILES string of the molecule is CCOP(=O)(CC)c1ccc(Cc2cc(Oc3ccc(NC(=O)Nc4cc(C(C)(C)C)cc(NS(C)(=O)=O)c4OC)c4ccccc34)ccn2)cc1OC. The zero-order valence-electron chi connectivity index (χ0n) is 31.8. The molecule has 0 saturated carbocycles. The Morgan fingerprint density at radius 3 is 2.19 bits per heavy atom. The predicted molar refractivity (Wildman–Crippen MR) is 216 cm³/mol. The number of sulfonamides is 1. The minimum Gasteiger partial charge on any atom is -0.496 e. The van der Waals surface area contributed by atoms with Gasteiger partial charge in [0.15, 0.2) is 5.75 Å². The number of nitrogens with one attached hydrogen (secondary N) is 3. The summed E-state index contributed by atoms with van der Waals surface area (Å²) in [4.78, 5) is 18.0. The van der Waals surface area contributed by atoms with Crippen molar-refractivity contribution in [3.8, 4) is 23.0 Å². The third-order valence-electron chi connectivity index (χ3n) is 8.60. The zero-order valence-corrected chi connectivity index (χ0v) is 33.5. The zero-order chi connectivity index (χ0) is 39.3. The molecule has 1 unspecified atom stereocenters. The number of carbonyl (C=O) groups is 1. The molecule has 0 aliphatic carbocycles. The molecule has 5 aromatic rings. The molecule has 4 aromatic carbocycles. The van der Waals surface area contributed by atoms with Crippen molar-refractivity contribution in [2.75, 3.05) is 48.6 Å². The van der Waals surface area contributed by atoms with Crippen LogP contribution in [0.15, 0.2) is 85.1 Å². The summed E-state index contributed by atoms with van der Waals surface area (Å²) < 4.78 is 63.4. The second-order valence-electron chi connectivity index (χ2n) is 13.6. The maximum absolute atomic E-state index is 13.5. The van der Waals surface area contributed by atoms with Crippen molar-refractivity contribution in [2.24, 2.45) is 0 Å². The van der Waals surface area contributed by atoms with Crippen LogP contribution in [0, 0.1) is 0 Å². The molecule has 0 bridgehead atoms. The van der Waals surface area contributed by atoms with Gasteiger partial charge in [-0.25, -0.2) is 13.2 Å². The maximum Gasteiger partial charge on any atom is 0.323 e. The Hall–Kier alpha value is -5.10. The van der Waals surface area contributed by atoms with E-state index in [1.165, 1.54) is 7.11 Å². The Balaban J connectivity index is 1.38. The number of methoxy groups -OCH3 is 2. The van der Waals surface area contributed by atoms with Gasteiger partial charge in [-0.15, -0.1) is 0 Å². The average Bonchev–Trinajstić information content (AvgIpc) is 3.11. The van der Waals surface area contributed by atoms with E-state index in [0.29, 0.717) is 53.1 Å². The Bertz CT molecular complexity index is 2330. The Morgan fingerprint density at radius 2 is 1.54 bits per heavy atom. The number of fused-ring (bicyclic) bond motifs is 1. The summed E-state index contributed by atoms with van der Waals surface area (Å²) in [6.45, 7) is 9.96. The first kappa shape index (κ1) is 40.1. The number of rotatable bonds is 14. The number of aromatic nitrogens is 1. The van der Waals surface area contributed by atoms with E-state index in [-0.39, 0.29) is 16.9 Å². The number of nitrogens with zero attached hydrogens (tertiary/aromatic N) is 1. The minimum absolute atomic E-state index is 0.175. The average molecular weight is 775 g/mol. The molecule has 0 radical (unpaired) electrons. The number of hydrogen-bond donors (Lipinski definition) is 3. The van der Waals surface area contributed by atoms with Crippen LogP contribution in [0.3, 0.4) is 0 Å². The Morgan fingerprint density at radius 1 is 0.833 bits per heavy atom. The molecular formula is C40H47N4O8PS. The Labute approximate surface area is 317 Å². The van der Waals surface area contributed by atoms with Crippen LogP contribution in [-0.4, -0.2) is 52.7 Å². The largest absolute Gasteiger partial charge is 0.496 e. The molecule has 14 heteroatoms. The van der Waals surface area contributed by atoms with Crippen LogP contribution in [0.4, 0.5) is 21.9 Å². The molecule has 1 heterocycles. The van der Waals surface area contributed by atoms with Gasteiger partial charge >= 0.3 is 6.03 Å². The third kappa shape index (κ3) is 9.52. The summed E-state index contributed by atoms with van der Waals surface area (Å²) in [6, 6.07) is 23.2. The molecule has 0 spiro atoms. The van der Waals surface area contributed by atoms with Crippen LogP contribution in [0.5, 0.6) is 23.0 Å². The van der Waals surface area contributed by atoms with Gasteiger partial charge in [-0.05, 0) is 65.9 Å². The molecule has 5 rings (SSSR count). The highest BCUT2D eigenvalue weighted by atomic mass is 32.2. The van der Waals surface area contributed by atoms with Crippen LogP contribution < -0.4 is 34.9 Å². The van der Waals surface area contributed by atoms with Crippen LogP contribution in [0.1, 0.15) is 51.4 Å². The van der Waals surface area contributed by atoms with Crippen molar-refractivity contribution in [2.45, 2.75) is 46.5 Å². The molecule has 0 fully saturated rings. The van der Waals surface area contributed by atoms with Crippen molar-refractivity contribution >= 4 is 56.6 Å². The highest BCUT2D eigenvalue weighted by molar-refractivity contribution is 7.92. The summed E-state index contributed by atoms with van der Waals surface area (Å²) in [6.07, 6.45) is 3.58. The van der Waals surface area contributed by atoms with Crippen molar-refractivity contribution in [1.82, 2.24) is 4.98 Å². The van der Waals surface area contributed by atoms with Gasteiger partial charge in [0.2, 0.25) is 17.4 Å². The number of pyridine rings is 1. The smallest absolute Gasteiger partial charge is 0.323 e. The van der Waals surface area contributed by atoms with Crippen molar-refractivity contribution < 1.29 is 36.5 Å². The summed E-state index contributed by atoms with van der Waals surface area (Å²) in [7, 11) is -3.71. The van der Waals surface area contributed by atoms with E-state index in [4.69, 9.17) is 18.7 Å². The molecule has 2 amide bonds. The lowest BCUT2D eigenvalue weighted by Gasteiger charge is -2.24.